The van der Waals surface area contributed by atoms with Crippen LogP contribution in [-0.4, -0.2) is 30.4 Å². The van der Waals surface area contributed by atoms with E-state index < -0.39 is 0 Å². The predicted octanol–water partition coefficient (Wildman–Crippen LogP) is 3.31. The second kappa shape index (κ2) is 7.26. The summed E-state index contributed by atoms with van der Waals surface area (Å²) < 4.78 is 0. The summed E-state index contributed by atoms with van der Waals surface area (Å²) in [5.74, 6) is 0.0415. The number of anilines is 1. The van der Waals surface area contributed by atoms with Crippen molar-refractivity contribution in [1.29, 1.82) is 5.26 Å². The topological polar surface area (TPSA) is 56.1 Å². The van der Waals surface area contributed by atoms with Crippen LogP contribution in [0.5, 0.6) is 0 Å². The van der Waals surface area contributed by atoms with Gasteiger partial charge in [0.15, 0.2) is 0 Å². The largest absolute Gasteiger partial charge is 0.317 e. The Hall–Kier alpha value is -1.38. The molecule has 5 heteroatoms. The van der Waals surface area contributed by atoms with Gasteiger partial charge in [-0.05, 0) is 57.2 Å². The van der Waals surface area contributed by atoms with E-state index in [2.05, 4.69) is 16.3 Å². The van der Waals surface area contributed by atoms with Crippen LogP contribution in [0, 0.1) is 11.3 Å². The zero-order valence-corrected chi connectivity index (χ0v) is 13.8. The van der Waals surface area contributed by atoms with E-state index in [1.54, 1.807) is 11.3 Å². The summed E-state index contributed by atoms with van der Waals surface area (Å²) in [4.78, 5) is 15.8. The Morgan fingerprint density at radius 2 is 1.95 bits per heavy atom. The molecular formula is C17H23N3OS. The van der Waals surface area contributed by atoms with Crippen LogP contribution < -0.4 is 5.32 Å². The zero-order chi connectivity index (χ0) is 15.4. The van der Waals surface area contributed by atoms with Crippen LogP contribution in [0.1, 0.15) is 54.5 Å². The number of amides is 1. The third-order valence-corrected chi connectivity index (χ3v) is 5.85. The molecule has 22 heavy (non-hydrogen) atoms. The first-order valence-electron chi connectivity index (χ1n) is 8.35. The molecule has 0 aromatic carbocycles. The van der Waals surface area contributed by atoms with Gasteiger partial charge in [-0.3, -0.25) is 4.79 Å². The van der Waals surface area contributed by atoms with Crippen molar-refractivity contribution >= 4 is 22.2 Å². The number of hydrogen-bond acceptors (Lipinski definition) is 4. The lowest BCUT2D eigenvalue weighted by Crippen LogP contribution is -2.25. The Labute approximate surface area is 136 Å². The molecule has 3 rings (SSSR count). The quantitative estimate of drug-likeness (QED) is 0.867. The smallest absolute Gasteiger partial charge is 0.226 e. The van der Waals surface area contributed by atoms with E-state index in [4.69, 9.17) is 0 Å². The molecule has 2 aliphatic rings. The second-order valence-electron chi connectivity index (χ2n) is 6.23. The molecule has 1 amide bonds. The number of rotatable bonds is 4. The van der Waals surface area contributed by atoms with Crippen molar-refractivity contribution in [2.75, 3.05) is 25.0 Å². The van der Waals surface area contributed by atoms with E-state index in [9.17, 15) is 10.1 Å². The fourth-order valence-corrected chi connectivity index (χ4v) is 4.66. The highest BCUT2D eigenvalue weighted by molar-refractivity contribution is 7.16. The lowest BCUT2D eigenvalue weighted by molar-refractivity contribution is -0.116. The lowest BCUT2D eigenvalue weighted by Gasteiger charge is -2.13. The van der Waals surface area contributed by atoms with Crippen LogP contribution in [0.3, 0.4) is 0 Å². The number of likely N-dealkylation sites (tertiary alicyclic amines) is 1. The molecule has 0 bridgehead atoms. The summed E-state index contributed by atoms with van der Waals surface area (Å²) in [5.41, 5.74) is 1.91. The third kappa shape index (κ3) is 3.50. The summed E-state index contributed by atoms with van der Waals surface area (Å²) >= 11 is 1.62. The van der Waals surface area contributed by atoms with Gasteiger partial charge in [0.2, 0.25) is 5.91 Å². The monoisotopic (exact) mass is 317 g/mol. The minimum absolute atomic E-state index is 0.0415. The van der Waals surface area contributed by atoms with Crippen LogP contribution in [0.15, 0.2) is 0 Å². The molecule has 0 spiro atoms. The van der Waals surface area contributed by atoms with Crippen molar-refractivity contribution in [2.24, 2.45) is 0 Å². The van der Waals surface area contributed by atoms with E-state index in [-0.39, 0.29) is 5.91 Å². The molecule has 2 heterocycles. The second-order valence-corrected chi connectivity index (χ2v) is 7.33. The maximum atomic E-state index is 12.2. The summed E-state index contributed by atoms with van der Waals surface area (Å²) in [6, 6.07) is 2.32. The molecule has 1 aromatic heterocycles. The van der Waals surface area contributed by atoms with Gasteiger partial charge in [-0.25, -0.2) is 0 Å². The number of nitriles is 1. The minimum atomic E-state index is 0.0415. The van der Waals surface area contributed by atoms with E-state index >= 15 is 0 Å². The molecular weight excluding hydrogens is 294 g/mol. The van der Waals surface area contributed by atoms with Crippen molar-refractivity contribution in [3.63, 3.8) is 0 Å². The van der Waals surface area contributed by atoms with Gasteiger partial charge in [0, 0.05) is 17.8 Å². The maximum absolute atomic E-state index is 12.2. The number of aryl methyl sites for hydroxylation is 1. The highest BCUT2D eigenvalue weighted by Crippen LogP contribution is 2.37. The molecule has 1 aliphatic carbocycles. The van der Waals surface area contributed by atoms with E-state index in [0.717, 1.165) is 49.5 Å². The summed E-state index contributed by atoms with van der Waals surface area (Å²) in [6.45, 7) is 3.06. The van der Waals surface area contributed by atoms with Crippen molar-refractivity contribution in [3.05, 3.63) is 16.0 Å². The molecule has 1 fully saturated rings. The highest BCUT2D eigenvalue weighted by Gasteiger charge is 2.21. The predicted molar refractivity (Wildman–Crippen MR) is 89.2 cm³/mol. The van der Waals surface area contributed by atoms with Crippen LogP contribution in [-0.2, 0) is 17.6 Å². The number of hydrogen-bond donors (Lipinski definition) is 1. The molecule has 0 radical (unpaired) electrons. The standard InChI is InChI=1S/C17H23N3OS/c18-12-14-13-6-2-1-3-7-15(13)22-17(14)19-16(21)8-11-20-9-4-5-10-20/h1-11H2,(H,19,21). The first kappa shape index (κ1) is 15.5. The van der Waals surface area contributed by atoms with Crippen molar-refractivity contribution in [3.8, 4) is 6.07 Å². The molecule has 0 saturated carbocycles. The Morgan fingerprint density at radius 3 is 2.73 bits per heavy atom. The Bertz CT molecular complexity index is 581. The first-order valence-corrected chi connectivity index (χ1v) is 9.16. The van der Waals surface area contributed by atoms with Crippen LogP contribution in [0.4, 0.5) is 5.00 Å². The van der Waals surface area contributed by atoms with E-state index in [1.165, 1.54) is 36.1 Å². The van der Waals surface area contributed by atoms with E-state index in [0.29, 0.717) is 6.42 Å². The fourth-order valence-electron chi connectivity index (χ4n) is 3.40. The molecule has 0 unspecified atom stereocenters. The highest BCUT2D eigenvalue weighted by atomic mass is 32.1. The Morgan fingerprint density at radius 1 is 1.18 bits per heavy atom. The lowest BCUT2D eigenvalue weighted by atomic mass is 10.1. The van der Waals surface area contributed by atoms with Gasteiger partial charge in [-0.2, -0.15) is 5.26 Å². The molecule has 1 aromatic rings. The van der Waals surface area contributed by atoms with Crippen molar-refractivity contribution in [1.82, 2.24) is 4.90 Å². The maximum Gasteiger partial charge on any atom is 0.226 e. The van der Waals surface area contributed by atoms with E-state index in [1.807, 2.05) is 0 Å². The van der Waals surface area contributed by atoms with Gasteiger partial charge in [-0.15, -0.1) is 11.3 Å². The number of nitrogens with one attached hydrogen (secondary N) is 1. The van der Waals surface area contributed by atoms with Crippen LogP contribution in [0.25, 0.3) is 0 Å². The number of carbonyl (C=O) groups excluding carboxylic acids is 1. The van der Waals surface area contributed by atoms with Crippen LogP contribution >= 0.6 is 11.3 Å². The summed E-state index contributed by atoms with van der Waals surface area (Å²) in [6.07, 6.45) is 8.64. The molecule has 1 N–H and O–H groups in total. The Kier molecular flexibility index (Phi) is 5.12. The Balaban J connectivity index is 1.64. The third-order valence-electron chi connectivity index (χ3n) is 4.64. The van der Waals surface area contributed by atoms with Gasteiger partial charge in [0.05, 0.1) is 5.56 Å². The molecule has 4 nitrogen and oxygen atoms in total. The summed E-state index contributed by atoms with van der Waals surface area (Å²) in [5, 5.41) is 13.2. The molecule has 1 aliphatic heterocycles. The van der Waals surface area contributed by atoms with Crippen molar-refractivity contribution < 1.29 is 4.79 Å². The molecule has 118 valence electrons. The number of carbonyl (C=O) groups is 1. The number of nitrogens with zero attached hydrogens (tertiary/aromatic N) is 2. The molecule has 1 saturated heterocycles. The van der Waals surface area contributed by atoms with Gasteiger partial charge in [-0.1, -0.05) is 6.42 Å². The van der Waals surface area contributed by atoms with Crippen molar-refractivity contribution in [2.45, 2.75) is 51.4 Å². The van der Waals surface area contributed by atoms with Crippen LogP contribution in [0.2, 0.25) is 0 Å². The minimum Gasteiger partial charge on any atom is -0.317 e. The number of thiophene rings is 1. The fraction of sp³-hybridized carbons (Fsp3) is 0.647. The van der Waals surface area contributed by atoms with Gasteiger partial charge in [0.1, 0.15) is 11.1 Å². The van der Waals surface area contributed by atoms with Gasteiger partial charge >= 0.3 is 0 Å². The summed E-state index contributed by atoms with van der Waals surface area (Å²) in [7, 11) is 0. The first-order chi connectivity index (χ1) is 10.8. The molecule has 0 atom stereocenters. The average Bonchev–Trinajstić information content (AvgIpc) is 3.08. The number of fused-ring (bicyclic) bond motifs is 1. The average molecular weight is 317 g/mol. The normalized spacial score (nSPS) is 18.5. The SMILES string of the molecule is N#Cc1c(NC(=O)CCN2CCCC2)sc2c1CCCCC2. The van der Waals surface area contributed by atoms with Gasteiger partial charge in [0.25, 0.3) is 0 Å². The van der Waals surface area contributed by atoms with Gasteiger partial charge < -0.3 is 10.2 Å². The zero-order valence-electron chi connectivity index (χ0n) is 13.0.